The van der Waals surface area contributed by atoms with E-state index in [1.54, 1.807) is 19.3 Å². The summed E-state index contributed by atoms with van der Waals surface area (Å²) in [6.07, 6.45) is 10.9. The Morgan fingerprint density at radius 3 is 2.16 bits per heavy atom. The highest BCUT2D eigenvalue weighted by atomic mass is 35.5. The van der Waals surface area contributed by atoms with Gasteiger partial charge in [-0.05, 0) is 68.2 Å². The van der Waals surface area contributed by atoms with Crippen LogP contribution >= 0.6 is 11.6 Å². The number of nitrogens with two attached hydrogens (primary N) is 1. The van der Waals surface area contributed by atoms with Crippen molar-refractivity contribution in [3.8, 4) is 5.75 Å². The topological polar surface area (TPSA) is 95.7 Å². The minimum atomic E-state index is -3.18. The number of ether oxygens (including phenoxy) is 2. The largest absolute Gasteiger partial charge is 0.491 e. The van der Waals surface area contributed by atoms with Crippen molar-refractivity contribution in [1.82, 2.24) is 0 Å². The minimum absolute atomic E-state index is 0.0281. The van der Waals surface area contributed by atoms with Gasteiger partial charge in [-0.2, -0.15) is 0 Å². The summed E-state index contributed by atoms with van der Waals surface area (Å²) < 4.78 is 22.9. The van der Waals surface area contributed by atoms with E-state index in [9.17, 15) is 13.8 Å². The third-order valence-electron chi connectivity index (χ3n) is 6.31. The fourth-order valence-electron chi connectivity index (χ4n) is 3.90. The van der Waals surface area contributed by atoms with E-state index in [0.717, 1.165) is 37.7 Å². The SMILES string of the molecule is CC.CCCC.COC1CCC=C(Cl)C=C1C(C)=O.COc1cc2c(cc1[S+](N)(=O)C(C)=O)CC(C)CC2. The molecule has 2 aliphatic carbocycles. The lowest BCUT2D eigenvalue weighted by Crippen LogP contribution is -2.30. The third-order valence-corrected chi connectivity index (χ3v) is 8.40. The average molecular weight is 571 g/mol. The first-order chi connectivity index (χ1) is 17.9. The molecule has 0 radical (unpaired) electrons. The standard InChI is InChI=1S/C14H20NO3S.C10H13ClO2.C4H10.C2H6/c1-9-4-5-11-7-13(18-3)14(8-12(11)6-9)19(15,17)10(2)16;1-7(12)9-6-8(11)4-3-5-10(9)13-2;1-3-4-2;1-2/h7-9H,4-6H2,1-3H3,(H2,15,17);4,6,10H,3,5H2,1-2H3;3-4H2,1-2H3;1-2H3/q+1;;;. The minimum Gasteiger partial charge on any atom is -0.491 e. The van der Waals surface area contributed by atoms with Crippen molar-refractivity contribution in [3.05, 3.63) is 46.0 Å². The normalized spacial score (nSPS) is 19.6. The number of carbonyl (C=O) groups is 2. The van der Waals surface area contributed by atoms with Crippen molar-refractivity contribution in [2.45, 2.75) is 104 Å². The van der Waals surface area contributed by atoms with Crippen LogP contribution in [-0.4, -0.2) is 31.2 Å². The quantitative estimate of drug-likeness (QED) is 0.373. The van der Waals surface area contributed by atoms with Crippen LogP contribution in [0, 0.1) is 5.92 Å². The van der Waals surface area contributed by atoms with Crippen molar-refractivity contribution in [3.63, 3.8) is 0 Å². The first-order valence-corrected chi connectivity index (χ1v) is 15.6. The van der Waals surface area contributed by atoms with Crippen LogP contribution in [0.5, 0.6) is 5.75 Å². The summed E-state index contributed by atoms with van der Waals surface area (Å²) in [4.78, 5) is 23.1. The van der Waals surface area contributed by atoms with E-state index in [0.29, 0.717) is 27.2 Å². The summed E-state index contributed by atoms with van der Waals surface area (Å²) in [6.45, 7) is 13.3. The number of unbranched alkanes of at least 4 members (excludes halogenated alkanes) is 1. The number of benzene rings is 1. The molecule has 0 aliphatic heterocycles. The molecule has 1 aromatic rings. The van der Waals surface area contributed by atoms with Gasteiger partial charge in [0.05, 0.1) is 13.2 Å². The van der Waals surface area contributed by atoms with Crippen LogP contribution in [0.3, 0.4) is 0 Å². The predicted molar refractivity (Wildman–Crippen MR) is 160 cm³/mol. The second-order valence-corrected chi connectivity index (χ2v) is 11.9. The molecule has 0 saturated heterocycles. The maximum atomic E-state index is 12.4. The molecule has 0 fully saturated rings. The number of rotatable bonds is 5. The van der Waals surface area contributed by atoms with Gasteiger partial charge in [0, 0.05) is 30.7 Å². The van der Waals surface area contributed by atoms with Gasteiger partial charge in [-0.1, -0.05) is 69.3 Å². The van der Waals surface area contributed by atoms with E-state index in [2.05, 4.69) is 20.8 Å². The van der Waals surface area contributed by atoms with Crippen LogP contribution in [-0.2, 0) is 41.5 Å². The average Bonchev–Trinajstić information content (AvgIpc) is 3.10. The van der Waals surface area contributed by atoms with Crippen molar-refractivity contribution < 1.29 is 23.3 Å². The highest BCUT2D eigenvalue weighted by molar-refractivity contribution is 8.14. The Labute approximate surface area is 236 Å². The molecule has 0 aromatic heterocycles. The van der Waals surface area contributed by atoms with Gasteiger partial charge >= 0.3 is 5.12 Å². The number of aryl methyl sites for hydroxylation is 1. The Morgan fingerprint density at radius 2 is 1.68 bits per heavy atom. The van der Waals surface area contributed by atoms with Crippen molar-refractivity contribution in [1.29, 1.82) is 0 Å². The zero-order valence-corrected chi connectivity index (χ0v) is 26.4. The number of hydrogen-bond acceptors (Lipinski definition) is 5. The Balaban J connectivity index is 0.000000625. The molecule has 0 bridgehead atoms. The predicted octanol–water partition coefficient (Wildman–Crippen LogP) is 7.36. The van der Waals surface area contributed by atoms with E-state index in [-0.39, 0.29) is 11.9 Å². The van der Waals surface area contributed by atoms with Gasteiger partial charge in [-0.15, -0.1) is 5.14 Å². The number of fused-ring (bicyclic) bond motifs is 1. The molecule has 3 rings (SSSR count). The van der Waals surface area contributed by atoms with Gasteiger partial charge in [0.15, 0.2) is 11.5 Å². The van der Waals surface area contributed by atoms with E-state index in [1.165, 1.54) is 39.4 Å². The zero-order chi connectivity index (χ0) is 29.5. The molecule has 2 N–H and O–H groups in total. The number of hydrogen-bond donors (Lipinski definition) is 1. The highest BCUT2D eigenvalue weighted by Gasteiger charge is 2.38. The molecule has 0 spiro atoms. The number of carbonyl (C=O) groups excluding carboxylic acids is 2. The first-order valence-electron chi connectivity index (χ1n) is 13.6. The van der Waals surface area contributed by atoms with Gasteiger partial charge in [-0.3, -0.25) is 4.79 Å². The number of allylic oxidation sites excluding steroid dienone is 3. The molecule has 0 heterocycles. The molecule has 216 valence electrons. The molecule has 0 saturated carbocycles. The van der Waals surface area contributed by atoms with Crippen LogP contribution in [0.15, 0.2) is 39.8 Å². The summed E-state index contributed by atoms with van der Waals surface area (Å²) >= 11 is 5.86. The Kier molecular flexibility index (Phi) is 17.6. The summed E-state index contributed by atoms with van der Waals surface area (Å²) in [7, 11) is -0.0664. The zero-order valence-electron chi connectivity index (χ0n) is 24.8. The first kappa shape index (κ1) is 36.2. The Morgan fingerprint density at radius 1 is 1.08 bits per heavy atom. The molecule has 3 atom stereocenters. The lowest BCUT2D eigenvalue weighted by molar-refractivity contribution is -0.114. The highest BCUT2D eigenvalue weighted by Crippen LogP contribution is 2.35. The van der Waals surface area contributed by atoms with Crippen LogP contribution in [0.4, 0.5) is 0 Å². The van der Waals surface area contributed by atoms with Gasteiger partial charge in [0.25, 0.3) is 10.1 Å². The van der Waals surface area contributed by atoms with Gasteiger partial charge < -0.3 is 9.47 Å². The molecule has 6 nitrogen and oxygen atoms in total. The van der Waals surface area contributed by atoms with Crippen LogP contribution < -0.4 is 9.88 Å². The fraction of sp³-hybridized carbons (Fsp3) is 0.600. The van der Waals surface area contributed by atoms with Crippen molar-refractivity contribution in [2.24, 2.45) is 11.1 Å². The third kappa shape index (κ3) is 11.1. The van der Waals surface area contributed by atoms with Gasteiger partial charge in [0.2, 0.25) is 4.90 Å². The maximum Gasteiger partial charge on any atom is 0.354 e. The molecule has 8 heteroatoms. The fourth-order valence-corrected chi connectivity index (χ4v) is 5.19. The summed E-state index contributed by atoms with van der Waals surface area (Å²) in [5.74, 6) is 1.08. The monoisotopic (exact) mass is 570 g/mol. The van der Waals surface area contributed by atoms with Crippen LogP contribution in [0.1, 0.15) is 91.7 Å². The second-order valence-electron chi connectivity index (χ2n) is 9.26. The Bertz CT molecular complexity index is 1020. The van der Waals surface area contributed by atoms with Gasteiger partial charge in [0.1, 0.15) is 0 Å². The number of halogens is 1. The molecule has 38 heavy (non-hydrogen) atoms. The van der Waals surface area contributed by atoms with Crippen molar-refractivity contribution >= 4 is 32.6 Å². The van der Waals surface area contributed by atoms with E-state index >= 15 is 0 Å². The molecule has 2 aliphatic rings. The Hall–Kier alpha value is -1.80. The summed E-state index contributed by atoms with van der Waals surface area (Å²) in [5, 5.41) is 5.83. The molecule has 0 amide bonds. The van der Waals surface area contributed by atoms with Crippen LogP contribution in [0.2, 0.25) is 0 Å². The molecule has 3 unspecified atom stereocenters. The lowest BCUT2D eigenvalue weighted by atomic mass is 9.85. The molecule has 1 aromatic carbocycles. The number of Topliss-reactive ketones (excluding diaryl/α,β-unsaturated/α-hetero) is 1. The maximum absolute atomic E-state index is 12.4. The lowest BCUT2D eigenvalue weighted by Gasteiger charge is -2.22. The van der Waals surface area contributed by atoms with Crippen molar-refractivity contribution in [2.75, 3.05) is 14.2 Å². The second kappa shape index (κ2) is 18.5. The molecular formula is C30H49ClNO5S+. The summed E-state index contributed by atoms with van der Waals surface area (Å²) in [5.41, 5.74) is 3.01. The smallest absolute Gasteiger partial charge is 0.354 e. The number of ketones is 1. The van der Waals surface area contributed by atoms with E-state index in [4.69, 9.17) is 26.2 Å². The van der Waals surface area contributed by atoms with E-state index in [1.807, 2.05) is 26.0 Å². The summed E-state index contributed by atoms with van der Waals surface area (Å²) in [6, 6.07) is 3.68. The van der Waals surface area contributed by atoms with Gasteiger partial charge in [-0.25, -0.2) is 4.79 Å². The van der Waals surface area contributed by atoms with E-state index < -0.39 is 15.2 Å². The van der Waals surface area contributed by atoms with Crippen LogP contribution in [0.25, 0.3) is 0 Å². The molecular weight excluding hydrogens is 522 g/mol. The number of methoxy groups -OCH3 is 2.